The van der Waals surface area contributed by atoms with E-state index in [-0.39, 0.29) is 16.9 Å². The molecular formula is C12H17BrO2S. The maximum Gasteiger partial charge on any atom is 0.153 e. The molecule has 1 aromatic carbocycles. The highest BCUT2D eigenvalue weighted by atomic mass is 79.9. The lowest BCUT2D eigenvalue weighted by Crippen LogP contribution is -2.23. The van der Waals surface area contributed by atoms with E-state index in [1.165, 1.54) is 0 Å². The Bertz CT molecular complexity index is 412. The number of sulfone groups is 1. The molecular weight excluding hydrogens is 288 g/mol. The Balaban J connectivity index is 2.86. The topological polar surface area (TPSA) is 34.1 Å². The maximum atomic E-state index is 11.9. The molecule has 0 spiro atoms. The van der Waals surface area contributed by atoms with Crippen molar-refractivity contribution < 1.29 is 8.42 Å². The number of halogens is 1. The van der Waals surface area contributed by atoms with Crippen LogP contribution in [0.15, 0.2) is 30.3 Å². The molecule has 0 aliphatic carbocycles. The monoisotopic (exact) mass is 304 g/mol. The molecule has 0 amide bonds. The normalized spacial score (nSPS) is 14.0. The molecule has 0 aliphatic heterocycles. The third kappa shape index (κ3) is 3.59. The molecule has 1 atom stereocenters. The second-order valence-corrected chi connectivity index (χ2v) is 7.39. The van der Waals surface area contributed by atoms with Crippen LogP contribution in [0, 0.1) is 0 Å². The number of rotatable bonds is 5. The molecule has 0 saturated heterocycles. The molecule has 1 unspecified atom stereocenters. The van der Waals surface area contributed by atoms with Gasteiger partial charge in [-0.25, -0.2) is 8.42 Å². The van der Waals surface area contributed by atoms with Gasteiger partial charge in [0.25, 0.3) is 0 Å². The molecule has 2 nitrogen and oxygen atoms in total. The minimum Gasteiger partial charge on any atom is -0.229 e. The molecule has 0 aromatic heterocycles. The van der Waals surface area contributed by atoms with Crippen LogP contribution in [0.5, 0.6) is 0 Å². The third-order valence-corrected chi connectivity index (χ3v) is 5.69. The highest BCUT2D eigenvalue weighted by Gasteiger charge is 2.22. The minimum absolute atomic E-state index is 0.0357. The number of hydrogen-bond donors (Lipinski definition) is 0. The number of benzene rings is 1. The van der Waals surface area contributed by atoms with Gasteiger partial charge < -0.3 is 0 Å². The first kappa shape index (κ1) is 13.7. The predicted octanol–water partition coefficient (Wildman–Crippen LogP) is 2.99. The Kier molecular flexibility index (Phi) is 4.99. The minimum atomic E-state index is -2.99. The Labute approximate surface area is 106 Å². The van der Waals surface area contributed by atoms with Crippen LogP contribution >= 0.6 is 15.9 Å². The van der Waals surface area contributed by atoms with Gasteiger partial charge in [-0.15, -0.1) is 0 Å². The molecule has 1 rings (SSSR count). The summed E-state index contributed by atoms with van der Waals surface area (Å²) in [6.45, 7) is 3.46. The van der Waals surface area contributed by atoms with Crippen molar-refractivity contribution in [3.63, 3.8) is 0 Å². The quantitative estimate of drug-likeness (QED) is 0.784. The second kappa shape index (κ2) is 5.82. The Morgan fingerprint density at radius 3 is 2.19 bits per heavy atom. The fourth-order valence-corrected chi connectivity index (χ4v) is 3.59. The van der Waals surface area contributed by atoms with Crippen molar-refractivity contribution >= 4 is 25.8 Å². The summed E-state index contributed by atoms with van der Waals surface area (Å²) in [6.07, 6.45) is 0. The van der Waals surface area contributed by atoms with Crippen molar-refractivity contribution in [3.05, 3.63) is 35.9 Å². The summed E-state index contributed by atoms with van der Waals surface area (Å²) < 4.78 is 23.7. The van der Waals surface area contributed by atoms with Crippen molar-refractivity contribution in [1.82, 2.24) is 0 Å². The van der Waals surface area contributed by atoms with Crippen LogP contribution in [0.3, 0.4) is 0 Å². The van der Waals surface area contributed by atoms with Gasteiger partial charge in [0.2, 0.25) is 0 Å². The van der Waals surface area contributed by atoms with Gasteiger partial charge in [0.1, 0.15) is 0 Å². The maximum absolute atomic E-state index is 11.9. The smallest absolute Gasteiger partial charge is 0.153 e. The lowest BCUT2D eigenvalue weighted by Gasteiger charge is -2.16. The van der Waals surface area contributed by atoms with Gasteiger partial charge in [-0.05, 0) is 19.4 Å². The highest BCUT2D eigenvalue weighted by Crippen LogP contribution is 2.21. The van der Waals surface area contributed by atoms with Crippen LogP contribution in [-0.4, -0.2) is 24.8 Å². The fraction of sp³-hybridized carbons (Fsp3) is 0.500. The van der Waals surface area contributed by atoms with E-state index in [1.807, 2.05) is 30.3 Å². The van der Waals surface area contributed by atoms with E-state index in [4.69, 9.17) is 0 Å². The summed E-state index contributed by atoms with van der Waals surface area (Å²) in [5.41, 5.74) is 1.07. The summed E-state index contributed by atoms with van der Waals surface area (Å²) in [6, 6.07) is 9.76. The number of hydrogen-bond acceptors (Lipinski definition) is 2. The molecule has 0 saturated carbocycles. The van der Waals surface area contributed by atoms with Crippen LogP contribution in [0.25, 0.3) is 0 Å². The van der Waals surface area contributed by atoms with Gasteiger partial charge in [0, 0.05) is 11.2 Å². The summed E-state index contributed by atoms with van der Waals surface area (Å²) in [5, 5.41) is 0.362. The molecule has 1 aromatic rings. The van der Waals surface area contributed by atoms with Crippen LogP contribution in [0.4, 0.5) is 0 Å². The van der Waals surface area contributed by atoms with Gasteiger partial charge in [-0.1, -0.05) is 46.3 Å². The zero-order chi connectivity index (χ0) is 12.2. The van der Waals surface area contributed by atoms with E-state index in [1.54, 1.807) is 13.8 Å². The highest BCUT2D eigenvalue weighted by molar-refractivity contribution is 9.09. The zero-order valence-electron chi connectivity index (χ0n) is 9.56. The van der Waals surface area contributed by atoms with E-state index in [0.717, 1.165) is 5.56 Å². The first-order valence-electron chi connectivity index (χ1n) is 5.30. The van der Waals surface area contributed by atoms with Crippen molar-refractivity contribution in [2.24, 2.45) is 0 Å². The molecule has 4 heteroatoms. The van der Waals surface area contributed by atoms with Gasteiger partial charge in [-0.3, -0.25) is 0 Å². The largest absolute Gasteiger partial charge is 0.229 e. The SMILES string of the molecule is CC(C)S(=O)(=O)CC(CBr)c1ccccc1. The fourth-order valence-electron chi connectivity index (χ4n) is 1.43. The molecule has 0 heterocycles. The van der Waals surface area contributed by atoms with E-state index in [0.29, 0.717) is 5.33 Å². The first-order chi connectivity index (χ1) is 7.47. The Morgan fingerprint density at radius 2 is 1.75 bits per heavy atom. The van der Waals surface area contributed by atoms with Crippen molar-refractivity contribution in [1.29, 1.82) is 0 Å². The van der Waals surface area contributed by atoms with Crippen molar-refractivity contribution in [3.8, 4) is 0 Å². The van der Waals surface area contributed by atoms with Crippen LogP contribution in [-0.2, 0) is 9.84 Å². The van der Waals surface area contributed by atoms with Crippen molar-refractivity contribution in [2.75, 3.05) is 11.1 Å². The molecule has 0 radical (unpaired) electrons. The van der Waals surface area contributed by atoms with Gasteiger partial charge in [0.15, 0.2) is 9.84 Å². The average molecular weight is 305 g/mol. The van der Waals surface area contributed by atoms with Crippen LogP contribution in [0.1, 0.15) is 25.3 Å². The zero-order valence-corrected chi connectivity index (χ0v) is 12.0. The summed E-state index contributed by atoms with van der Waals surface area (Å²) in [7, 11) is -2.99. The van der Waals surface area contributed by atoms with Crippen molar-refractivity contribution in [2.45, 2.75) is 25.0 Å². The predicted molar refractivity (Wildman–Crippen MR) is 71.9 cm³/mol. The van der Waals surface area contributed by atoms with Gasteiger partial charge in [-0.2, -0.15) is 0 Å². The molecule has 0 aliphatic rings. The number of alkyl halides is 1. The third-order valence-electron chi connectivity index (χ3n) is 2.61. The summed E-state index contributed by atoms with van der Waals surface area (Å²) in [4.78, 5) is 0. The molecule has 0 bridgehead atoms. The lowest BCUT2D eigenvalue weighted by molar-refractivity contribution is 0.582. The molecule has 90 valence electrons. The lowest BCUT2D eigenvalue weighted by atomic mass is 10.0. The van der Waals surface area contributed by atoms with Gasteiger partial charge >= 0.3 is 0 Å². The standard InChI is InChI=1S/C12H17BrO2S/c1-10(2)16(14,15)9-12(8-13)11-6-4-3-5-7-11/h3-7,10,12H,8-9H2,1-2H3. The van der Waals surface area contributed by atoms with Crippen LogP contribution in [0.2, 0.25) is 0 Å². The second-order valence-electron chi connectivity index (χ2n) is 4.14. The van der Waals surface area contributed by atoms with Crippen LogP contribution < -0.4 is 0 Å². The molecule has 16 heavy (non-hydrogen) atoms. The van der Waals surface area contributed by atoms with E-state index in [9.17, 15) is 8.42 Å². The molecule has 0 fully saturated rings. The Morgan fingerprint density at radius 1 is 1.19 bits per heavy atom. The van der Waals surface area contributed by atoms with E-state index < -0.39 is 9.84 Å². The summed E-state index contributed by atoms with van der Waals surface area (Å²) in [5.74, 6) is 0.244. The van der Waals surface area contributed by atoms with E-state index >= 15 is 0 Å². The van der Waals surface area contributed by atoms with E-state index in [2.05, 4.69) is 15.9 Å². The Hall–Kier alpha value is -0.350. The first-order valence-corrected chi connectivity index (χ1v) is 8.13. The summed E-state index contributed by atoms with van der Waals surface area (Å²) >= 11 is 3.39. The molecule has 0 N–H and O–H groups in total. The van der Waals surface area contributed by atoms with Gasteiger partial charge in [0.05, 0.1) is 11.0 Å². The average Bonchev–Trinajstić information content (AvgIpc) is 2.27.